The maximum atomic E-state index is 6.18. The number of anilines is 1. The first-order valence-corrected chi connectivity index (χ1v) is 7.05. The summed E-state index contributed by atoms with van der Waals surface area (Å²) in [5.74, 6) is 0. The van der Waals surface area contributed by atoms with Crippen LogP contribution in [0, 0.1) is 0 Å². The summed E-state index contributed by atoms with van der Waals surface area (Å²) in [6.07, 6.45) is 1.14. The molecule has 98 valence electrons. The van der Waals surface area contributed by atoms with Crippen molar-refractivity contribution < 1.29 is 5.32 Å². The lowest BCUT2D eigenvalue weighted by Gasteiger charge is -2.25. The number of halogens is 1. The normalized spacial score (nSPS) is 17.9. The van der Waals surface area contributed by atoms with E-state index in [1.807, 2.05) is 13.1 Å². The zero-order valence-electron chi connectivity index (χ0n) is 11.0. The van der Waals surface area contributed by atoms with E-state index < -0.39 is 0 Å². The molecule has 19 heavy (non-hydrogen) atoms. The van der Waals surface area contributed by atoms with Crippen molar-refractivity contribution in [1.82, 2.24) is 0 Å². The largest absolute Gasteiger partial charge is 0.388 e. The van der Waals surface area contributed by atoms with Crippen LogP contribution >= 0.6 is 11.6 Å². The molecule has 1 aliphatic heterocycles. The fourth-order valence-corrected chi connectivity index (χ4v) is 3.09. The predicted octanol–water partition coefficient (Wildman–Crippen LogP) is 2.59. The van der Waals surface area contributed by atoms with Crippen LogP contribution in [-0.4, -0.2) is 13.6 Å². The number of benzene rings is 2. The molecule has 3 rings (SSSR count). The third-order valence-electron chi connectivity index (χ3n) is 3.82. The highest BCUT2D eigenvalue weighted by Crippen LogP contribution is 2.31. The van der Waals surface area contributed by atoms with Gasteiger partial charge in [-0.1, -0.05) is 35.9 Å². The smallest absolute Gasteiger partial charge is 0.140 e. The zero-order chi connectivity index (χ0) is 13.2. The molecule has 0 amide bonds. The van der Waals surface area contributed by atoms with Gasteiger partial charge in [0.1, 0.15) is 6.04 Å². The monoisotopic (exact) mass is 273 g/mol. The average molecular weight is 274 g/mol. The molecular formula is C16H18ClN2+. The molecule has 2 aromatic carbocycles. The second-order valence-electron chi connectivity index (χ2n) is 4.93. The second-order valence-corrected chi connectivity index (χ2v) is 5.37. The van der Waals surface area contributed by atoms with Gasteiger partial charge in [0.25, 0.3) is 0 Å². The molecule has 3 heteroatoms. The Kier molecular flexibility index (Phi) is 3.45. The van der Waals surface area contributed by atoms with Crippen LogP contribution in [0.25, 0.3) is 0 Å². The van der Waals surface area contributed by atoms with Gasteiger partial charge in [-0.25, -0.2) is 0 Å². The zero-order valence-corrected chi connectivity index (χ0v) is 11.7. The Bertz CT molecular complexity index is 595. The van der Waals surface area contributed by atoms with Gasteiger partial charge < -0.3 is 10.6 Å². The maximum absolute atomic E-state index is 6.18. The van der Waals surface area contributed by atoms with Gasteiger partial charge >= 0.3 is 0 Å². The Morgan fingerprint density at radius 2 is 2.00 bits per heavy atom. The predicted molar refractivity (Wildman–Crippen MR) is 79.8 cm³/mol. The van der Waals surface area contributed by atoms with Gasteiger partial charge in [0.15, 0.2) is 0 Å². The molecular weight excluding hydrogens is 256 g/mol. The number of hydrogen-bond donors (Lipinski definition) is 2. The lowest BCUT2D eigenvalue weighted by Crippen LogP contribution is -2.87. The van der Waals surface area contributed by atoms with Crippen molar-refractivity contribution in [1.29, 1.82) is 0 Å². The van der Waals surface area contributed by atoms with Crippen LogP contribution in [0.4, 0.5) is 5.69 Å². The van der Waals surface area contributed by atoms with Crippen molar-refractivity contribution in [3.8, 4) is 0 Å². The lowest BCUT2D eigenvalue weighted by molar-refractivity contribution is -0.689. The maximum Gasteiger partial charge on any atom is 0.140 e. The van der Waals surface area contributed by atoms with Gasteiger partial charge in [-0.15, -0.1) is 0 Å². The first kappa shape index (κ1) is 12.5. The first-order chi connectivity index (χ1) is 9.29. The van der Waals surface area contributed by atoms with E-state index in [2.05, 4.69) is 47.0 Å². The molecule has 3 N–H and O–H groups in total. The number of fused-ring (bicyclic) bond motifs is 1. The third kappa shape index (κ3) is 2.34. The SMILES string of the molecule is CNc1ccc(Cl)cc1[C@@H]1[NH2+]CCc2ccccc21. The molecule has 2 aromatic rings. The van der Waals surface area contributed by atoms with Gasteiger partial charge in [0.2, 0.25) is 0 Å². The van der Waals surface area contributed by atoms with Crippen molar-refractivity contribution in [3.05, 3.63) is 64.2 Å². The second kappa shape index (κ2) is 5.24. The van der Waals surface area contributed by atoms with E-state index in [1.54, 1.807) is 0 Å². The van der Waals surface area contributed by atoms with Crippen LogP contribution < -0.4 is 10.6 Å². The molecule has 0 fully saturated rings. The molecule has 0 saturated heterocycles. The minimum Gasteiger partial charge on any atom is -0.388 e. The number of nitrogens with one attached hydrogen (secondary N) is 1. The van der Waals surface area contributed by atoms with Crippen LogP contribution in [0.15, 0.2) is 42.5 Å². The number of quaternary nitrogens is 1. The molecule has 0 aromatic heterocycles. The Morgan fingerprint density at radius 1 is 1.16 bits per heavy atom. The summed E-state index contributed by atoms with van der Waals surface area (Å²) < 4.78 is 0. The molecule has 0 saturated carbocycles. The van der Waals surface area contributed by atoms with Crippen molar-refractivity contribution in [3.63, 3.8) is 0 Å². The lowest BCUT2D eigenvalue weighted by atomic mass is 9.89. The van der Waals surface area contributed by atoms with Gasteiger partial charge in [0, 0.05) is 35.3 Å². The highest BCUT2D eigenvalue weighted by atomic mass is 35.5. The fraction of sp³-hybridized carbons (Fsp3) is 0.250. The van der Waals surface area contributed by atoms with E-state index in [1.165, 1.54) is 16.7 Å². The molecule has 0 spiro atoms. The van der Waals surface area contributed by atoms with E-state index >= 15 is 0 Å². The molecule has 1 heterocycles. The van der Waals surface area contributed by atoms with Crippen LogP contribution in [0.3, 0.4) is 0 Å². The average Bonchev–Trinajstić information content (AvgIpc) is 2.46. The van der Waals surface area contributed by atoms with E-state index in [0.29, 0.717) is 6.04 Å². The molecule has 2 nitrogen and oxygen atoms in total. The minimum atomic E-state index is 0.339. The van der Waals surface area contributed by atoms with Gasteiger partial charge in [-0.05, 0) is 23.8 Å². The summed E-state index contributed by atoms with van der Waals surface area (Å²) in [5, 5.41) is 6.47. The van der Waals surface area contributed by atoms with E-state index in [9.17, 15) is 0 Å². The fourth-order valence-electron chi connectivity index (χ4n) is 2.91. The standard InChI is InChI=1S/C16H17ClN2/c1-18-15-7-6-12(17)10-14(15)16-13-5-3-2-4-11(13)8-9-19-16/h2-7,10,16,18-19H,8-9H2,1H3/p+1/t16-/m1/s1. The molecule has 0 bridgehead atoms. The highest BCUT2D eigenvalue weighted by molar-refractivity contribution is 6.30. The van der Waals surface area contributed by atoms with E-state index in [4.69, 9.17) is 11.6 Å². The summed E-state index contributed by atoms with van der Waals surface area (Å²) in [4.78, 5) is 0. The summed E-state index contributed by atoms with van der Waals surface area (Å²) in [6, 6.07) is 15.1. The minimum absolute atomic E-state index is 0.339. The Morgan fingerprint density at radius 3 is 2.84 bits per heavy atom. The van der Waals surface area contributed by atoms with Crippen molar-refractivity contribution >= 4 is 17.3 Å². The molecule has 1 aliphatic rings. The van der Waals surface area contributed by atoms with Crippen molar-refractivity contribution in [2.24, 2.45) is 0 Å². The Hall–Kier alpha value is -1.51. The summed E-state index contributed by atoms with van der Waals surface area (Å²) in [5.41, 5.74) is 5.29. The summed E-state index contributed by atoms with van der Waals surface area (Å²) in [6.45, 7) is 1.12. The molecule has 0 aliphatic carbocycles. The highest BCUT2D eigenvalue weighted by Gasteiger charge is 2.26. The van der Waals surface area contributed by atoms with Gasteiger partial charge in [-0.3, -0.25) is 0 Å². The van der Waals surface area contributed by atoms with Crippen LogP contribution in [-0.2, 0) is 6.42 Å². The summed E-state index contributed by atoms with van der Waals surface area (Å²) in [7, 11) is 1.96. The van der Waals surface area contributed by atoms with Crippen LogP contribution in [0.1, 0.15) is 22.7 Å². The molecule has 0 radical (unpaired) electrons. The van der Waals surface area contributed by atoms with Crippen molar-refractivity contribution in [2.45, 2.75) is 12.5 Å². The number of nitrogens with two attached hydrogens (primary N) is 1. The van der Waals surface area contributed by atoms with Gasteiger partial charge in [-0.2, -0.15) is 0 Å². The van der Waals surface area contributed by atoms with E-state index in [0.717, 1.165) is 23.7 Å². The van der Waals surface area contributed by atoms with Gasteiger partial charge in [0.05, 0.1) is 6.54 Å². The topological polar surface area (TPSA) is 28.6 Å². The number of rotatable bonds is 2. The van der Waals surface area contributed by atoms with Crippen molar-refractivity contribution in [2.75, 3.05) is 18.9 Å². The Labute approximate surface area is 118 Å². The van der Waals surface area contributed by atoms with Crippen LogP contribution in [0.2, 0.25) is 5.02 Å². The third-order valence-corrected chi connectivity index (χ3v) is 4.06. The molecule has 0 unspecified atom stereocenters. The first-order valence-electron chi connectivity index (χ1n) is 6.68. The summed E-state index contributed by atoms with van der Waals surface area (Å²) >= 11 is 6.18. The van der Waals surface area contributed by atoms with Crippen LogP contribution in [0.5, 0.6) is 0 Å². The molecule has 1 atom stereocenters. The Balaban J connectivity index is 2.11. The number of hydrogen-bond acceptors (Lipinski definition) is 1. The van der Waals surface area contributed by atoms with E-state index in [-0.39, 0.29) is 0 Å². The quantitative estimate of drug-likeness (QED) is 0.865.